The Hall–Kier alpha value is -2.06. The van der Waals surface area contributed by atoms with Crippen molar-refractivity contribution in [2.24, 2.45) is 0 Å². The second-order valence-electron chi connectivity index (χ2n) is 7.59. The first-order valence-electron chi connectivity index (χ1n) is 10.3. The highest BCUT2D eigenvalue weighted by molar-refractivity contribution is 5.74. The fourth-order valence-corrected chi connectivity index (χ4v) is 3.70. The summed E-state index contributed by atoms with van der Waals surface area (Å²) in [5.41, 5.74) is -0.756. The molecule has 8 heteroatoms. The number of halogens is 3. The maximum absolute atomic E-state index is 14.4. The molecule has 0 amide bonds. The highest BCUT2D eigenvalue weighted by Crippen LogP contribution is 2.34. The van der Waals surface area contributed by atoms with Gasteiger partial charge in [-0.05, 0) is 43.9 Å². The van der Waals surface area contributed by atoms with Crippen molar-refractivity contribution in [2.45, 2.75) is 64.0 Å². The number of benzene rings is 1. The van der Waals surface area contributed by atoms with Crippen molar-refractivity contribution in [2.75, 3.05) is 19.8 Å². The fourth-order valence-electron chi connectivity index (χ4n) is 3.70. The lowest BCUT2D eigenvalue weighted by Gasteiger charge is -2.33. The summed E-state index contributed by atoms with van der Waals surface area (Å²) in [5, 5.41) is 0. The molecule has 0 bridgehead atoms. The maximum Gasteiger partial charge on any atom is 0.363 e. The van der Waals surface area contributed by atoms with Gasteiger partial charge in [0, 0.05) is 12.0 Å². The summed E-state index contributed by atoms with van der Waals surface area (Å²) in [7, 11) is 0. The molecule has 3 rings (SSSR count). The Bertz CT molecular complexity index is 787. The fraction of sp³-hybridized carbons (Fsp3) is 0.591. The van der Waals surface area contributed by atoms with Gasteiger partial charge in [-0.2, -0.15) is 4.39 Å². The minimum absolute atomic E-state index is 0.120. The number of rotatable bonds is 7. The van der Waals surface area contributed by atoms with Crippen LogP contribution in [0.15, 0.2) is 18.2 Å². The van der Waals surface area contributed by atoms with E-state index < -0.39 is 35.7 Å². The van der Waals surface area contributed by atoms with Crippen LogP contribution in [0.1, 0.15) is 51.5 Å². The van der Waals surface area contributed by atoms with Crippen LogP contribution < -0.4 is 4.74 Å². The van der Waals surface area contributed by atoms with Crippen molar-refractivity contribution < 1.29 is 36.9 Å². The molecule has 0 N–H and O–H groups in total. The van der Waals surface area contributed by atoms with Crippen LogP contribution in [-0.2, 0) is 19.0 Å². The molecule has 0 aromatic heterocycles. The van der Waals surface area contributed by atoms with Crippen LogP contribution in [0.2, 0.25) is 0 Å². The lowest BCUT2D eigenvalue weighted by molar-refractivity contribution is -0.245. The highest BCUT2D eigenvalue weighted by Gasteiger charge is 2.40. The van der Waals surface area contributed by atoms with E-state index >= 15 is 0 Å². The molecule has 1 unspecified atom stereocenters. The van der Waals surface area contributed by atoms with Crippen LogP contribution >= 0.6 is 0 Å². The molecule has 0 saturated carbocycles. The molecule has 1 aromatic rings. The molecule has 0 radical (unpaired) electrons. The van der Waals surface area contributed by atoms with E-state index in [1.165, 1.54) is 12.1 Å². The number of hydrogen-bond donors (Lipinski definition) is 0. The molecule has 0 spiro atoms. The Morgan fingerprint density at radius 3 is 2.53 bits per heavy atom. The van der Waals surface area contributed by atoms with Crippen molar-refractivity contribution in [1.82, 2.24) is 0 Å². The summed E-state index contributed by atoms with van der Waals surface area (Å²) >= 11 is 0. The summed E-state index contributed by atoms with van der Waals surface area (Å²) in [5.74, 6) is -2.78. The Morgan fingerprint density at radius 1 is 1.20 bits per heavy atom. The monoisotopic (exact) mass is 428 g/mol. The number of carbonyl (C=O) groups is 1. The van der Waals surface area contributed by atoms with Crippen LogP contribution in [0.5, 0.6) is 5.75 Å². The van der Waals surface area contributed by atoms with Gasteiger partial charge < -0.3 is 18.9 Å². The van der Waals surface area contributed by atoms with Gasteiger partial charge in [-0.25, -0.2) is 13.6 Å². The number of esters is 1. The molecule has 5 nitrogen and oxygen atoms in total. The SMILES string of the molecule is CCCC1(F)COC(C(=O)OC2CC=C(c3ccc(OCC)c(F)c3F)CC2)OC1. The number of allylic oxidation sites excluding steroid dienone is 1. The molecule has 1 aliphatic carbocycles. The van der Waals surface area contributed by atoms with E-state index in [0.717, 1.165) is 0 Å². The summed E-state index contributed by atoms with van der Waals surface area (Å²) in [6.07, 6.45) is 2.22. The number of carbonyl (C=O) groups excluding carboxylic acids is 1. The standard InChI is InChI=1S/C22H27F3O5/c1-3-11-22(25)12-28-21(29-13-22)20(26)30-15-7-5-14(6-8-15)16-9-10-17(27-4-2)19(24)18(16)23/h5,9-10,15,21H,3-4,6-8,11-13H2,1-2H3. The smallest absolute Gasteiger partial charge is 0.363 e. The zero-order chi connectivity index (χ0) is 21.7. The van der Waals surface area contributed by atoms with Gasteiger partial charge in [0.1, 0.15) is 6.10 Å². The third kappa shape index (κ3) is 5.16. The first-order chi connectivity index (χ1) is 14.4. The van der Waals surface area contributed by atoms with Crippen LogP contribution in [0.4, 0.5) is 13.2 Å². The summed E-state index contributed by atoms with van der Waals surface area (Å²) in [6, 6.07) is 2.90. The number of ether oxygens (including phenoxy) is 4. The third-order valence-corrected chi connectivity index (χ3v) is 5.22. The molecular weight excluding hydrogens is 401 g/mol. The Morgan fingerprint density at radius 2 is 1.93 bits per heavy atom. The van der Waals surface area contributed by atoms with Crippen LogP contribution in [0.25, 0.3) is 5.57 Å². The van der Waals surface area contributed by atoms with E-state index in [0.29, 0.717) is 37.7 Å². The lowest BCUT2D eigenvalue weighted by atomic mass is 9.91. The maximum atomic E-state index is 14.4. The summed E-state index contributed by atoms with van der Waals surface area (Å²) in [6.45, 7) is 3.37. The minimum Gasteiger partial charge on any atom is -0.491 e. The number of hydrogen-bond acceptors (Lipinski definition) is 5. The van der Waals surface area contributed by atoms with E-state index in [1.54, 1.807) is 13.0 Å². The van der Waals surface area contributed by atoms with Gasteiger partial charge >= 0.3 is 5.97 Å². The molecule has 1 saturated heterocycles. The van der Waals surface area contributed by atoms with E-state index in [1.807, 2.05) is 6.92 Å². The quantitative estimate of drug-likeness (QED) is 0.588. The van der Waals surface area contributed by atoms with E-state index in [2.05, 4.69) is 0 Å². The average Bonchev–Trinajstić information content (AvgIpc) is 2.73. The lowest BCUT2D eigenvalue weighted by Crippen LogP contribution is -2.47. The van der Waals surface area contributed by atoms with Crippen LogP contribution in [0, 0.1) is 11.6 Å². The molecule has 30 heavy (non-hydrogen) atoms. The predicted octanol–water partition coefficient (Wildman–Crippen LogP) is 4.72. The average molecular weight is 428 g/mol. The highest BCUT2D eigenvalue weighted by atomic mass is 19.2. The molecule has 166 valence electrons. The second kappa shape index (κ2) is 9.83. The molecule has 1 aliphatic heterocycles. The first kappa shape index (κ1) is 22.6. The Kier molecular flexibility index (Phi) is 7.41. The van der Waals surface area contributed by atoms with Crippen LogP contribution in [0.3, 0.4) is 0 Å². The van der Waals surface area contributed by atoms with Crippen LogP contribution in [-0.4, -0.2) is 43.9 Å². The third-order valence-electron chi connectivity index (χ3n) is 5.22. The zero-order valence-corrected chi connectivity index (χ0v) is 17.2. The molecule has 1 aromatic carbocycles. The van der Waals surface area contributed by atoms with Gasteiger partial charge in [0.15, 0.2) is 17.2 Å². The predicted molar refractivity (Wildman–Crippen MR) is 104 cm³/mol. The van der Waals surface area contributed by atoms with Crippen molar-refractivity contribution >= 4 is 11.5 Å². The Balaban J connectivity index is 1.55. The molecule has 2 aliphatic rings. The van der Waals surface area contributed by atoms with Gasteiger partial charge in [-0.3, -0.25) is 0 Å². The van der Waals surface area contributed by atoms with Gasteiger partial charge in [0.05, 0.1) is 19.8 Å². The number of alkyl halides is 1. The second-order valence-corrected chi connectivity index (χ2v) is 7.59. The van der Waals surface area contributed by atoms with Gasteiger partial charge in [-0.15, -0.1) is 0 Å². The van der Waals surface area contributed by atoms with Gasteiger partial charge in [0.25, 0.3) is 6.29 Å². The topological polar surface area (TPSA) is 54.0 Å². The summed E-state index contributed by atoms with van der Waals surface area (Å²) in [4.78, 5) is 12.2. The molecule has 1 fully saturated rings. The molecular formula is C22H27F3O5. The van der Waals surface area contributed by atoms with E-state index in [-0.39, 0.29) is 31.1 Å². The first-order valence-corrected chi connectivity index (χ1v) is 10.3. The zero-order valence-electron chi connectivity index (χ0n) is 17.2. The van der Waals surface area contributed by atoms with E-state index in [4.69, 9.17) is 18.9 Å². The molecule has 1 heterocycles. The van der Waals surface area contributed by atoms with Gasteiger partial charge in [-0.1, -0.05) is 19.4 Å². The summed E-state index contributed by atoms with van der Waals surface area (Å²) < 4.78 is 63.7. The largest absolute Gasteiger partial charge is 0.491 e. The van der Waals surface area contributed by atoms with Crippen molar-refractivity contribution in [3.63, 3.8) is 0 Å². The van der Waals surface area contributed by atoms with Gasteiger partial charge in [0.2, 0.25) is 5.82 Å². The van der Waals surface area contributed by atoms with E-state index in [9.17, 15) is 18.0 Å². The van der Waals surface area contributed by atoms with Crippen molar-refractivity contribution in [3.8, 4) is 5.75 Å². The molecule has 1 atom stereocenters. The Labute approximate surface area is 174 Å². The minimum atomic E-state index is -1.58. The van der Waals surface area contributed by atoms with Crippen molar-refractivity contribution in [3.05, 3.63) is 35.4 Å². The normalized spacial score (nSPS) is 26.8. The van der Waals surface area contributed by atoms with Crippen molar-refractivity contribution in [1.29, 1.82) is 0 Å².